The molecule has 0 fully saturated rings. The van der Waals surface area contributed by atoms with Crippen LogP contribution in [0.2, 0.25) is 0 Å². The number of fused-ring (bicyclic) bond motifs is 1. The molecule has 0 N–H and O–H groups in total. The van der Waals surface area contributed by atoms with E-state index in [1.165, 1.54) is 21.3 Å². The Kier molecular flexibility index (Phi) is 4.29. The highest BCUT2D eigenvalue weighted by atomic mass is 16.5. The van der Waals surface area contributed by atoms with Crippen LogP contribution < -0.4 is 15.0 Å². The van der Waals surface area contributed by atoms with E-state index < -0.39 is 5.97 Å². The summed E-state index contributed by atoms with van der Waals surface area (Å²) >= 11 is 0. The number of hydrogen-bond acceptors (Lipinski definition) is 5. The van der Waals surface area contributed by atoms with Gasteiger partial charge < -0.3 is 18.8 Å². The van der Waals surface area contributed by atoms with E-state index in [1.54, 1.807) is 22.8 Å². The fourth-order valence-electron chi connectivity index (χ4n) is 3.08. The number of carbonyl (C=O) groups is 1. The van der Waals surface area contributed by atoms with Crippen molar-refractivity contribution < 1.29 is 19.0 Å². The number of ether oxygens (including phenoxy) is 3. The number of benzene rings is 1. The molecule has 0 spiro atoms. The minimum Gasteiger partial charge on any atom is -0.493 e. The molecule has 1 aliphatic rings. The summed E-state index contributed by atoms with van der Waals surface area (Å²) in [6.45, 7) is 0.740. The van der Waals surface area contributed by atoms with E-state index in [-0.39, 0.29) is 5.56 Å². The molecule has 0 amide bonds. The number of rotatable bonds is 4. The van der Waals surface area contributed by atoms with Crippen LogP contribution in [0.3, 0.4) is 0 Å². The number of pyridine rings is 1. The van der Waals surface area contributed by atoms with Gasteiger partial charge in [0.15, 0.2) is 11.5 Å². The quantitative estimate of drug-likeness (QED) is 0.805. The molecule has 2 heterocycles. The molecule has 0 unspecified atom stereocenters. The predicted octanol–water partition coefficient (Wildman–Crippen LogP) is 2.27. The van der Waals surface area contributed by atoms with Gasteiger partial charge in [0.1, 0.15) is 0 Å². The minimum absolute atomic E-state index is 0.0643. The summed E-state index contributed by atoms with van der Waals surface area (Å²) in [5.41, 5.74) is 2.51. The third-order valence-corrected chi connectivity index (χ3v) is 4.27. The highest BCUT2D eigenvalue weighted by Gasteiger charge is 2.21. The van der Waals surface area contributed by atoms with Crippen LogP contribution in [-0.4, -0.2) is 31.9 Å². The molecule has 0 atom stereocenters. The van der Waals surface area contributed by atoms with Gasteiger partial charge in [-0.15, -0.1) is 0 Å². The van der Waals surface area contributed by atoms with E-state index in [9.17, 15) is 9.59 Å². The highest BCUT2D eigenvalue weighted by Crippen LogP contribution is 2.36. The lowest BCUT2D eigenvalue weighted by molar-refractivity contribution is 0.0601. The number of aromatic nitrogens is 1. The van der Waals surface area contributed by atoms with Crippen molar-refractivity contribution in [2.24, 2.45) is 0 Å². The normalized spacial score (nSPS) is 12.6. The van der Waals surface area contributed by atoms with E-state index in [1.807, 2.05) is 6.07 Å². The van der Waals surface area contributed by atoms with Crippen molar-refractivity contribution in [3.63, 3.8) is 0 Å². The van der Waals surface area contributed by atoms with Crippen LogP contribution in [0.15, 0.2) is 29.1 Å². The number of aryl methyl sites for hydroxylation is 1. The van der Waals surface area contributed by atoms with E-state index in [2.05, 4.69) is 0 Å². The van der Waals surface area contributed by atoms with Crippen molar-refractivity contribution >= 4 is 5.97 Å². The van der Waals surface area contributed by atoms with Crippen molar-refractivity contribution in [2.75, 3.05) is 21.3 Å². The van der Waals surface area contributed by atoms with Gasteiger partial charge >= 0.3 is 5.97 Å². The van der Waals surface area contributed by atoms with Crippen LogP contribution in [-0.2, 0) is 17.7 Å². The molecule has 2 aromatic rings. The molecular weight excluding hydrogens is 310 g/mol. The second-order valence-electron chi connectivity index (χ2n) is 5.57. The van der Waals surface area contributed by atoms with Gasteiger partial charge in [-0.2, -0.15) is 0 Å². The van der Waals surface area contributed by atoms with Gasteiger partial charge in [0.05, 0.1) is 26.9 Å². The lowest BCUT2D eigenvalue weighted by Crippen LogP contribution is -2.18. The molecule has 126 valence electrons. The van der Waals surface area contributed by atoms with Crippen LogP contribution in [0.1, 0.15) is 22.5 Å². The first-order valence-electron chi connectivity index (χ1n) is 7.67. The molecule has 6 heteroatoms. The van der Waals surface area contributed by atoms with Crippen LogP contribution in [0, 0.1) is 0 Å². The smallest absolute Gasteiger partial charge is 0.338 e. The number of hydrogen-bond donors (Lipinski definition) is 0. The summed E-state index contributed by atoms with van der Waals surface area (Å²) in [7, 11) is 4.35. The zero-order valence-electron chi connectivity index (χ0n) is 13.9. The number of carbonyl (C=O) groups excluding carboxylic acids is 1. The maximum absolute atomic E-state index is 12.3. The summed E-state index contributed by atoms with van der Waals surface area (Å²) in [6.07, 6.45) is 1.80. The third kappa shape index (κ3) is 2.64. The molecule has 1 aromatic heterocycles. The van der Waals surface area contributed by atoms with Crippen LogP contribution in [0.25, 0.3) is 11.1 Å². The first kappa shape index (κ1) is 16.1. The average Bonchev–Trinajstić information content (AvgIpc) is 3.08. The minimum atomic E-state index is -0.494. The van der Waals surface area contributed by atoms with E-state index in [0.717, 1.165) is 25.1 Å². The fourth-order valence-corrected chi connectivity index (χ4v) is 3.08. The summed E-state index contributed by atoms with van der Waals surface area (Å²) in [6, 6.07) is 6.77. The topological polar surface area (TPSA) is 66.8 Å². The Morgan fingerprint density at radius 2 is 1.75 bits per heavy atom. The van der Waals surface area contributed by atoms with Crippen LogP contribution in [0.4, 0.5) is 0 Å². The summed E-state index contributed by atoms with van der Waals surface area (Å²) in [5, 5.41) is 0. The monoisotopic (exact) mass is 329 g/mol. The standard InChI is InChI=1S/C18H19NO5/c1-22-15-9-13(14(18(21)24-3)10-16(15)23-2)11-7-12-5-4-6-19(12)17(20)8-11/h7-10H,4-6H2,1-3H3. The van der Waals surface area contributed by atoms with E-state index in [4.69, 9.17) is 14.2 Å². The molecule has 0 saturated carbocycles. The van der Waals surface area contributed by atoms with Gasteiger partial charge in [-0.3, -0.25) is 4.79 Å². The molecule has 0 radical (unpaired) electrons. The Labute approximate surface area is 139 Å². The lowest BCUT2D eigenvalue weighted by Gasteiger charge is -2.15. The zero-order chi connectivity index (χ0) is 17.3. The van der Waals surface area contributed by atoms with Gasteiger partial charge in [0.25, 0.3) is 5.56 Å². The maximum atomic E-state index is 12.3. The van der Waals surface area contributed by atoms with Gasteiger partial charge in [-0.05, 0) is 36.6 Å². The number of esters is 1. The molecule has 0 saturated heterocycles. The predicted molar refractivity (Wildman–Crippen MR) is 88.9 cm³/mol. The van der Waals surface area contributed by atoms with Crippen LogP contribution >= 0.6 is 0 Å². The lowest BCUT2D eigenvalue weighted by atomic mass is 9.98. The Morgan fingerprint density at radius 3 is 2.42 bits per heavy atom. The maximum Gasteiger partial charge on any atom is 0.338 e. The number of nitrogens with zero attached hydrogens (tertiary/aromatic N) is 1. The molecule has 3 rings (SSSR count). The largest absolute Gasteiger partial charge is 0.493 e. The first-order chi connectivity index (χ1) is 11.6. The summed E-state index contributed by atoms with van der Waals surface area (Å²) < 4.78 is 17.2. The third-order valence-electron chi connectivity index (χ3n) is 4.27. The molecule has 1 aromatic carbocycles. The molecule has 6 nitrogen and oxygen atoms in total. The highest BCUT2D eigenvalue weighted by molar-refractivity contribution is 5.98. The van der Waals surface area contributed by atoms with E-state index >= 15 is 0 Å². The van der Waals surface area contributed by atoms with Gasteiger partial charge in [-0.1, -0.05) is 0 Å². The van der Waals surface area contributed by atoms with Gasteiger partial charge in [-0.25, -0.2) is 4.79 Å². The molecular formula is C18H19NO5. The molecule has 1 aliphatic heterocycles. The van der Waals surface area contributed by atoms with Crippen LogP contribution in [0.5, 0.6) is 11.5 Å². The van der Waals surface area contributed by atoms with E-state index in [0.29, 0.717) is 28.2 Å². The number of methoxy groups -OCH3 is 3. The molecule has 24 heavy (non-hydrogen) atoms. The Balaban J connectivity index is 2.24. The van der Waals surface area contributed by atoms with Crippen molar-refractivity contribution in [3.05, 3.63) is 45.9 Å². The van der Waals surface area contributed by atoms with Crippen molar-refractivity contribution in [1.29, 1.82) is 0 Å². The second-order valence-corrected chi connectivity index (χ2v) is 5.57. The summed E-state index contributed by atoms with van der Waals surface area (Å²) in [4.78, 5) is 24.5. The molecule has 0 aliphatic carbocycles. The SMILES string of the molecule is COC(=O)c1cc(OC)c(OC)cc1-c1cc2n(c(=O)c1)CCC2. The fraction of sp³-hybridized carbons (Fsp3) is 0.333. The Hall–Kier alpha value is -2.76. The first-order valence-corrected chi connectivity index (χ1v) is 7.67. The Bertz CT molecular complexity index is 853. The van der Waals surface area contributed by atoms with Gasteiger partial charge in [0, 0.05) is 23.9 Å². The molecule has 0 bridgehead atoms. The van der Waals surface area contributed by atoms with Crippen molar-refractivity contribution in [1.82, 2.24) is 4.57 Å². The van der Waals surface area contributed by atoms with Crippen molar-refractivity contribution in [3.8, 4) is 22.6 Å². The van der Waals surface area contributed by atoms with Gasteiger partial charge in [0.2, 0.25) is 0 Å². The average molecular weight is 329 g/mol. The Morgan fingerprint density at radius 1 is 1.04 bits per heavy atom. The summed E-state index contributed by atoms with van der Waals surface area (Å²) in [5.74, 6) is 0.423. The zero-order valence-corrected chi connectivity index (χ0v) is 13.9. The second kappa shape index (κ2) is 6.39. The van der Waals surface area contributed by atoms with Crippen molar-refractivity contribution in [2.45, 2.75) is 19.4 Å².